The third-order valence-electron chi connectivity index (χ3n) is 6.14. The number of carbonyl (C=O) groups is 1. The molecule has 1 aromatic heterocycles. The summed E-state index contributed by atoms with van der Waals surface area (Å²) >= 11 is 0. The lowest BCUT2D eigenvalue weighted by Gasteiger charge is -2.39. The molecule has 0 saturated carbocycles. The molecule has 1 amide bonds. The van der Waals surface area contributed by atoms with Crippen molar-refractivity contribution in [1.29, 1.82) is 0 Å². The van der Waals surface area contributed by atoms with Crippen LogP contribution in [0.5, 0.6) is 0 Å². The molecule has 154 valence electrons. The highest BCUT2D eigenvalue weighted by Gasteiger charge is 2.35. The quantitative estimate of drug-likeness (QED) is 0.860. The van der Waals surface area contributed by atoms with Gasteiger partial charge in [0.15, 0.2) is 0 Å². The van der Waals surface area contributed by atoms with E-state index < -0.39 is 0 Å². The molecular weight excluding hydrogens is 369 g/mol. The predicted octanol–water partition coefficient (Wildman–Crippen LogP) is 3.26. The second-order valence-electron chi connectivity index (χ2n) is 8.16. The monoisotopic (exact) mass is 397 g/mol. The van der Waals surface area contributed by atoms with E-state index >= 15 is 0 Å². The van der Waals surface area contributed by atoms with Gasteiger partial charge in [0.2, 0.25) is 11.9 Å². The first-order valence-electron chi connectivity index (χ1n) is 10.4. The van der Waals surface area contributed by atoms with Crippen LogP contribution in [0.3, 0.4) is 0 Å². The number of rotatable bonds is 3. The number of hydrogen-bond donors (Lipinski definition) is 1. The normalized spacial score (nSPS) is 21.3. The summed E-state index contributed by atoms with van der Waals surface area (Å²) in [6.45, 7) is 2.62. The van der Waals surface area contributed by atoms with Gasteiger partial charge in [-0.1, -0.05) is 12.1 Å². The maximum atomic E-state index is 13.9. The third-order valence-corrected chi connectivity index (χ3v) is 6.14. The first-order chi connectivity index (χ1) is 14.0. The Balaban J connectivity index is 1.68. The number of hydrogen-bond acceptors (Lipinski definition) is 5. The highest BCUT2D eigenvalue weighted by molar-refractivity contribution is 5.80. The van der Waals surface area contributed by atoms with Gasteiger partial charge in [0.25, 0.3) is 0 Å². The van der Waals surface area contributed by atoms with E-state index in [2.05, 4.69) is 21.9 Å². The summed E-state index contributed by atoms with van der Waals surface area (Å²) in [5, 5.41) is 0. The van der Waals surface area contributed by atoms with E-state index in [1.165, 1.54) is 12.1 Å². The van der Waals surface area contributed by atoms with Crippen molar-refractivity contribution in [1.82, 2.24) is 19.8 Å². The molecule has 0 spiro atoms. The molecule has 1 atom stereocenters. The van der Waals surface area contributed by atoms with Crippen LogP contribution in [-0.4, -0.2) is 52.4 Å². The molecule has 0 radical (unpaired) electrons. The Morgan fingerprint density at radius 1 is 1.17 bits per heavy atom. The molecule has 0 unspecified atom stereocenters. The van der Waals surface area contributed by atoms with Crippen molar-refractivity contribution >= 4 is 11.9 Å². The van der Waals surface area contributed by atoms with E-state index in [0.29, 0.717) is 5.56 Å². The minimum Gasteiger partial charge on any atom is -0.368 e. The van der Waals surface area contributed by atoms with Crippen LogP contribution in [0.1, 0.15) is 43.8 Å². The fourth-order valence-corrected chi connectivity index (χ4v) is 4.51. The molecule has 2 saturated heterocycles. The van der Waals surface area contributed by atoms with E-state index in [1.54, 1.807) is 12.3 Å². The summed E-state index contributed by atoms with van der Waals surface area (Å²) in [5.41, 5.74) is 8.09. The Kier molecular flexibility index (Phi) is 5.76. The van der Waals surface area contributed by atoms with Gasteiger partial charge in [0.05, 0.1) is 11.7 Å². The fraction of sp³-hybridized carbons (Fsp3) is 0.500. The van der Waals surface area contributed by atoms with Gasteiger partial charge in [-0.2, -0.15) is 0 Å². The zero-order valence-electron chi connectivity index (χ0n) is 16.9. The fourth-order valence-electron chi connectivity index (χ4n) is 4.51. The number of nitrogens with two attached hydrogens (primary N) is 1. The number of amides is 1. The Morgan fingerprint density at radius 3 is 2.72 bits per heavy atom. The third kappa shape index (κ3) is 4.24. The van der Waals surface area contributed by atoms with E-state index in [1.807, 2.05) is 11.0 Å². The van der Waals surface area contributed by atoms with Gasteiger partial charge >= 0.3 is 0 Å². The van der Waals surface area contributed by atoms with Crippen molar-refractivity contribution in [2.45, 2.75) is 38.1 Å². The van der Waals surface area contributed by atoms with Crippen LogP contribution in [-0.2, 0) is 4.79 Å². The van der Waals surface area contributed by atoms with Crippen LogP contribution in [0.25, 0.3) is 11.1 Å². The van der Waals surface area contributed by atoms with Gasteiger partial charge in [-0.05, 0) is 69.9 Å². The molecule has 0 bridgehead atoms. The van der Waals surface area contributed by atoms with Crippen LogP contribution < -0.4 is 5.73 Å². The molecule has 3 heterocycles. The standard InChI is InChI=1S/C22H28FN5O/c1-27-11-8-15(9-12-27)21(29)28-10-3-2-7-19(28)20-18(14-25-22(24)26-20)16-5-4-6-17(23)13-16/h4-6,13-15,19H,2-3,7-12H2,1H3,(H2,24,25,26)/t19-/m0/s1. The summed E-state index contributed by atoms with van der Waals surface area (Å²) < 4.78 is 13.9. The number of nitrogens with zero attached hydrogens (tertiary/aromatic N) is 4. The molecule has 6 nitrogen and oxygen atoms in total. The predicted molar refractivity (Wildman–Crippen MR) is 110 cm³/mol. The molecule has 4 rings (SSSR count). The number of nitrogen functional groups attached to an aromatic ring is 1. The molecule has 2 N–H and O–H groups in total. The van der Waals surface area contributed by atoms with Gasteiger partial charge in [0, 0.05) is 24.2 Å². The Labute approximate surface area is 170 Å². The number of benzene rings is 1. The average molecular weight is 397 g/mol. The van der Waals surface area contributed by atoms with Crippen LogP contribution in [0.4, 0.5) is 10.3 Å². The SMILES string of the molecule is CN1CCC(C(=O)N2CCCC[C@H]2c2nc(N)ncc2-c2cccc(F)c2)CC1. The highest BCUT2D eigenvalue weighted by Crippen LogP contribution is 2.37. The van der Waals surface area contributed by atoms with Gasteiger partial charge < -0.3 is 15.5 Å². The first-order valence-corrected chi connectivity index (χ1v) is 10.4. The molecule has 2 fully saturated rings. The summed E-state index contributed by atoms with van der Waals surface area (Å²) in [5.74, 6) is 0.138. The smallest absolute Gasteiger partial charge is 0.226 e. The largest absolute Gasteiger partial charge is 0.368 e. The van der Waals surface area contributed by atoms with Gasteiger partial charge in [-0.3, -0.25) is 4.79 Å². The summed E-state index contributed by atoms with van der Waals surface area (Å²) in [6, 6.07) is 6.25. The minimum atomic E-state index is -0.312. The molecule has 1 aromatic carbocycles. The average Bonchev–Trinajstić information content (AvgIpc) is 2.74. The lowest BCUT2D eigenvalue weighted by atomic mass is 9.90. The van der Waals surface area contributed by atoms with Gasteiger partial charge in [0.1, 0.15) is 5.82 Å². The number of anilines is 1. The van der Waals surface area contributed by atoms with Gasteiger partial charge in [-0.15, -0.1) is 0 Å². The van der Waals surface area contributed by atoms with Crippen molar-refractivity contribution in [3.8, 4) is 11.1 Å². The van der Waals surface area contributed by atoms with Crippen LogP contribution in [0, 0.1) is 11.7 Å². The Hall–Kier alpha value is -2.54. The molecule has 2 aliphatic heterocycles. The molecule has 0 aliphatic carbocycles. The Morgan fingerprint density at radius 2 is 1.97 bits per heavy atom. The second-order valence-corrected chi connectivity index (χ2v) is 8.16. The van der Waals surface area contributed by atoms with Crippen molar-refractivity contribution < 1.29 is 9.18 Å². The van der Waals surface area contributed by atoms with Crippen molar-refractivity contribution in [3.05, 3.63) is 42.0 Å². The molecule has 7 heteroatoms. The van der Waals surface area contributed by atoms with Crippen LogP contribution >= 0.6 is 0 Å². The number of halogens is 1. The lowest BCUT2D eigenvalue weighted by molar-refractivity contribution is -0.141. The lowest BCUT2D eigenvalue weighted by Crippen LogP contribution is -2.45. The molecular formula is C22H28FN5O. The number of carbonyl (C=O) groups excluding carboxylic acids is 1. The van der Waals surface area contributed by atoms with E-state index in [0.717, 1.165) is 63.0 Å². The number of piperidine rings is 2. The summed E-state index contributed by atoms with van der Waals surface area (Å²) in [6.07, 6.45) is 6.28. The maximum Gasteiger partial charge on any atom is 0.226 e. The summed E-state index contributed by atoms with van der Waals surface area (Å²) in [4.78, 5) is 26.3. The molecule has 29 heavy (non-hydrogen) atoms. The Bertz CT molecular complexity index is 881. The van der Waals surface area contributed by atoms with E-state index in [-0.39, 0.29) is 29.6 Å². The minimum absolute atomic E-state index is 0.0589. The topological polar surface area (TPSA) is 75.4 Å². The molecule has 2 aliphatic rings. The zero-order chi connectivity index (χ0) is 20.4. The van der Waals surface area contributed by atoms with E-state index in [4.69, 9.17) is 5.73 Å². The first kappa shape index (κ1) is 19.8. The van der Waals surface area contributed by atoms with Crippen molar-refractivity contribution in [3.63, 3.8) is 0 Å². The van der Waals surface area contributed by atoms with Gasteiger partial charge in [-0.25, -0.2) is 14.4 Å². The summed E-state index contributed by atoms with van der Waals surface area (Å²) in [7, 11) is 2.10. The van der Waals surface area contributed by atoms with Crippen molar-refractivity contribution in [2.75, 3.05) is 32.4 Å². The number of aromatic nitrogens is 2. The number of likely N-dealkylation sites (tertiary alicyclic amines) is 2. The van der Waals surface area contributed by atoms with Crippen LogP contribution in [0.15, 0.2) is 30.5 Å². The molecule has 2 aromatic rings. The van der Waals surface area contributed by atoms with E-state index in [9.17, 15) is 9.18 Å². The highest BCUT2D eigenvalue weighted by atomic mass is 19.1. The maximum absolute atomic E-state index is 13.9. The van der Waals surface area contributed by atoms with Crippen LogP contribution in [0.2, 0.25) is 0 Å². The zero-order valence-corrected chi connectivity index (χ0v) is 16.9. The van der Waals surface area contributed by atoms with Crippen molar-refractivity contribution in [2.24, 2.45) is 5.92 Å². The second kappa shape index (κ2) is 8.45.